The van der Waals surface area contributed by atoms with Crippen LogP contribution in [0.5, 0.6) is 0 Å². The van der Waals surface area contributed by atoms with Crippen molar-refractivity contribution in [3.05, 3.63) is 35.6 Å². The van der Waals surface area contributed by atoms with Gasteiger partial charge in [-0.05, 0) is 18.6 Å². The van der Waals surface area contributed by atoms with E-state index >= 15 is 0 Å². The van der Waals surface area contributed by atoms with Crippen molar-refractivity contribution in [3.63, 3.8) is 0 Å². The molecule has 0 fully saturated rings. The zero-order valence-corrected chi connectivity index (χ0v) is 8.92. The van der Waals surface area contributed by atoms with Crippen LogP contribution in [-0.2, 0) is 13.1 Å². The summed E-state index contributed by atoms with van der Waals surface area (Å²) in [5.41, 5.74) is 1.29. The summed E-state index contributed by atoms with van der Waals surface area (Å²) >= 11 is 1.63. The van der Waals surface area contributed by atoms with Gasteiger partial charge in [0.1, 0.15) is 0 Å². The van der Waals surface area contributed by atoms with E-state index in [1.165, 1.54) is 5.56 Å². The highest BCUT2D eigenvalue weighted by molar-refractivity contribution is 7.13. The molecule has 3 nitrogen and oxygen atoms in total. The van der Waals surface area contributed by atoms with Gasteiger partial charge in [-0.15, -0.1) is 11.3 Å². The van der Waals surface area contributed by atoms with E-state index in [0.717, 1.165) is 18.2 Å². The molecular formula is C10H13N3S. The number of thiazole rings is 1. The lowest BCUT2D eigenvalue weighted by Gasteiger charge is -1.99. The van der Waals surface area contributed by atoms with Gasteiger partial charge in [0.2, 0.25) is 0 Å². The fourth-order valence-electron chi connectivity index (χ4n) is 1.28. The van der Waals surface area contributed by atoms with Crippen LogP contribution in [-0.4, -0.2) is 9.55 Å². The van der Waals surface area contributed by atoms with Crippen LogP contribution in [0.25, 0.3) is 0 Å². The van der Waals surface area contributed by atoms with Gasteiger partial charge in [-0.1, -0.05) is 0 Å². The standard InChI is InChI=1S/C10H13N3S/c1-2-13-5-3-9(8-13)7-12-10-11-4-6-14-10/h3-6,8H,2,7H2,1H3,(H,11,12). The van der Waals surface area contributed by atoms with Gasteiger partial charge in [-0.25, -0.2) is 4.98 Å². The van der Waals surface area contributed by atoms with Crippen molar-refractivity contribution in [3.8, 4) is 0 Å². The first-order valence-corrected chi connectivity index (χ1v) is 5.54. The van der Waals surface area contributed by atoms with Crippen LogP contribution in [0.4, 0.5) is 5.13 Å². The highest BCUT2D eigenvalue weighted by Gasteiger charge is 1.97. The molecular weight excluding hydrogens is 194 g/mol. The lowest BCUT2D eigenvalue weighted by Crippen LogP contribution is -1.97. The number of aromatic nitrogens is 2. The van der Waals surface area contributed by atoms with Gasteiger partial charge in [0, 0.05) is 37.1 Å². The topological polar surface area (TPSA) is 29.9 Å². The molecule has 0 aromatic carbocycles. The number of nitrogens with one attached hydrogen (secondary N) is 1. The first kappa shape index (κ1) is 9.27. The molecule has 2 aromatic rings. The molecule has 0 bridgehead atoms. The first-order chi connectivity index (χ1) is 6.88. The molecule has 0 spiro atoms. The second-order valence-electron chi connectivity index (χ2n) is 3.04. The molecule has 0 atom stereocenters. The fraction of sp³-hybridized carbons (Fsp3) is 0.300. The van der Waals surface area contributed by atoms with E-state index in [0.29, 0.717) is 0 Å². The Morgan fingerprint density at radius 2 is 2.50 bits per heavy atom. The van der Waals surface area contributed by atoms with Gasteiger partial charge in [0.15, 0.2) is 5.13 Å². The predicted molar refractivity (Wildman–Crippen MR) is 59.5 cm³/mol. The zero-order chi connectivity index (χ0) is 9.80. The minimum atomic E-state index is 0.848. The van der Waals surface area contributed by atoms with Crippen molar-refractivity contribution in [1.29, 1.82) is 0 Å². The normalized spacial score (nSPS) is 10.4. The van der Waals surface area contributed by atoms with E-state index in [9.17, 15) is 0 Å². The summed E-state index contributed by atoms with van der Waals surface area (Å²) in [6.07, 6.45) is 6.06. The summed E-state index contributed by atoms with van der Waals surface area (Å²) in [5.74, 6) is 0. The second-order valence-corrected chi connectivity index (χ2v) is 3.94. The second kappa shape index (κ2) is 4.28. The third-order valence-electron chi connectivity index (χ3n) is 2.05. The lowest BCUT2D eigenvalue weighted by molar-refractivity contribution is 0.766. The Kier molecular flexibility index (Phi) is 2.84. The van der Waals surface area contributed by atoms with Crippen LogP contribution in [0.3, 0.4) is 0 Å². The van der Waals surface area contributed by atoms with Crippen molar-refractivity contribution in [2.45, 2.75) is 20.0 Å². The molecule has 1 N–H and O–H groups in total. The Bertz CT molecular complexity index is 378. The molecule has 2 heterocycles. The van der Waals surface area contributed by atoms with Gasteiger partial charge >= 0.3 is 0 Å². The van der Waals surface area contributed by atoms with Crippen LogP contribution in [0.15, 0.2) is 30.0 Å². The molecule has 0 amide bonds. The number of aryl methyl sites for hydroxylation is 1. The van der Waals surface area contributed by atoms with Gasteiger partial charge in [0.25, 0.3) is 0 Å². The number of hydrogen-bond donors (Lipinski definition) is 1. The third-order valence-corrected chi connectivity index (χ3v) is 2.78. The van der Waals surface area contributed by atoms with Crippen LogP contribution in [0.2, 0.25) is 0 Å². The molecule has 0 unspecified atom stereocenters. The van der Waals surface area contributed by atoms with Crippen LogP contribution in [0.1, 0.15) is 12.5 Å². The van der Waals surface area contributed by atoms with Gasteiger partial charge in [-0.2, -0.15) is 0 Å². The van der Waals surface area contributed by atoms with Crippen molar-refractivity contribution in [2.75, 3.05) is 5.32 Å². The molecule has 14 heavy (non-hydrogen) atoms. The SMILES string of the molecule is CCn1ccc(CNc2nccs2)c1. The highest BCUT2D eigenvalue weighted by atomic mass is 32.1. The molecule has 0 aliphatic carbocycles. The first-order valence-electron chi connectivity index (χ1n) is 4.66. The zero-order valence-electron chi connectivity index (χ0n) is 8.10. The minimum absolute atomic E-state index is 0.848. The van der Waals surface area contributed by atoms with Crippen LogP contribution >= 0.6 is 11.3 Å². The maximum absolute atomic E-state index is 4.16. The van der Waals surface area contributed by atoms with E-state index in [2.05, 4.69) is 40.3 Å². The molecule has 4 heteroatoms. The number of anilines is 1. The Balaban J connectivity index is 1.92. The molecule has 0 saturated carbocycles. The maximum Gasteiger partial charge on any atom is 0.182 e. The summed E-state index contributed by atoms with van der Waals surface area (Å²) in [5, 5.41) is 6.22. The maximum atomic E-state index is 4.16. The minimum Gasteiger partial charge on any atom is -0.357 e. The van der Waals surface area contributed by atoms with Gasteiger partial charge in [0.05, 0.1) is 0 Å². The number of hydrogen-bond acceptors (Lipinski definition) is 3. The molecule has 0 aliphatic heterocycles. The largest absolute Gasteiger partial charge is 0.357 e. The quantitative estimate of drug-likeness (QED) is 0.835. The van der Waals surface area contributed by atoms with E-state index in [4.69, 9.17) is 0 Å². The van der Waals surface area contributed by atoms with E-state index < -0.39 is 0 Å². The van der Waals surface area contributed by atoms with Crippen LogP contribution < -0.4 is 5.32 Å². The molecule has 0 radical (unpaired) electrons. The van der Waals surface area contributed by atoms with Crippen LogP contribution in [0, 0.1) is 0 Å². The average molecular weight is 207 g/mol. The molecule has 2 aromatic heterocycles. The molecule has 0 saturated heterocycles. The average Bonchev–Trinajstić information content (AvgIpc) is 2.86. The van der Waals surface area contributed by atoms with E-state index in [-0.39, 0.29) is 0 Å². The smallest absolute Gasteiger partial charge is 0.182 e. The lowest BCUT2D eigenvalue weighted by atomic mass is 10.3. The third kappa shape index (κ3) is 2.14. The van der Waals surface area contributed by atoms with Gasteiger partial charge < -0.3 is 9.88 Å². The Morgan fingerprint density at radius 3 is 3.14 bits per heavy atom. The summed E-state index contributed by atoms with van der Waals surface area (Å²) in [7, 11) is 0. The monoisotopic (exact) mass is 207 g/mol. The molecule has 2 rings (SSSR count). The fourth-order valence-corrected chi connectivity index (χ4v) is 1.81. The van der Waals surface area contributed by atoms with Crippen molar-refractivity contribution >= 4 is 16.5 Å². The predicted octanol–water partition coefficient (Wildman–Crippen LogP) is 2.58. The number of rotatable bonds is 4. The summed E-state index contributed by atoms with van der Waals surface area (Å²) < 4.78 is 2.17. The summed E-state index contributed by atoms with van der Waals surface area (Å²) in [6.45, 7) is 4.01. The van der Waals surface area contributed by atoms with Crippen molar-refractivity contribution in [2.24, 2.45) is 0 Å². The Morgan fingerprint density at radius 1 is 1.57 bits per heavy atom. The van der Waals surface area contributed by atoms with Crippen molar-refractivity contribution in [1.82, 2.24) is 9.55 Å². The Hall–Kier alpha value is -1.29. The van der Waals surface area contributed by atoms with Gasteiger partial charge in [-0.3, -0.25) is 0 Å². The van der Waals surface area contributed by atoms with E-state index in [1.54, 1.807) is 11.3 Å². The molecule has 0 aliphatic rings. The summed E-state index contributed by atoms with van der Waals surface area (Å²) in [6, 6.07) is 2.13. The summed E-state index contributed by atoms with van der Waals surface area (Å²) in [4.78, 5) is 4.16. The Labute approximate surface area is 87.4 Å². The highest BCUT2D eigenvalue weighted by Crippen LogP contribution is 2.12. The van der Waals surface area contributed by atoms with Crippen molar-refractivity contribution < 1.29 is 0 Å². The number of nitrogens with zero attached hydrogens (tertiary/aromatic N) is 2. The molecule has 74 valence electrons. The van der Waals surface area contributed by atoms with E-state index in [1.807, 2.05) is 11.6 Å².